The standard InChI is InChI=1S/C14H23FN2S/c1-2-3-4-5-8-12(17-16)11-18-14-10-7-6-9-13(14)15/h6-7,9-10,12,17H,2-5,8,11,16H2,1H3. The summed E-state index contributed by atoms with van der Waals surface area (Å²) >= 11 is 1.53. The third kappa shape index (κ3) is 5.85. The number of benzene rings is 1. The van der Waals surface area contributed by atoms with Gasteiger partial charge in [-0.25, -0.2) is 4.39 Å². The van der Waals surface area contributed by atoms with Gasteiger partial charge in [0.1, 0.15) is 5.82 Å². The fraction of sp³-hybridized carbons (Fsp3) is 0.571. The average Bonchev–Trinajstić information content (AvgIpc) is 2.40. The van der Waals surface area contributed by atoms with Crippen LogP contribution in [0.4, 0.5) is 4.39 Å². The molecule has 0 saturated heterocycles. The third-order valence-electron chi connectivity index (χ3n) is 2.92. The lowest BCUT2D eigenvalue weighted by Gasteiger charge is -2.15. The van der Waals surface area contributed by atoms with E-state index in [-0.39, 0.29) is 11.9 Å². The lowest BCUT2D eigenvalue weighted by Crippen LogP contribution is -2.36. The summed E-state index contributed by atoms with van der Waals surface area (Å²) in [6, 6.07) is 7.13. The zero-order chi connectivity index (χ0) is 13.2. The molecule has 1 unspecified atom stereocenters. The minimum atomic E-state index is -0.149. The lowest BCUT2D eigenvalue weighted by molar-refractivity contribution is 0.500. The van der Waals surface area contributed by atoms with Crippen molar-refractivity contribution in [3.63, 3.8) is 0 Å². The molecule has 0 aliphatic rings. The van der Waals surface area contributed by atoms with Crippen LogP contribution in [0.25, 0.3) is 0 Å². The fourth-order valence-corrected chi connectivity index (χ4v) is 2.81. The highest BCUT2D eigenvalue weighted by molar-refractivity contribution is 7.99. The Labute approximate surface area is 113 Å². The van der Waals surface area contributed by atoms with E-state index in [1.165, 1.54) is 43.5 Å². The van der Waals surface area contributed by atoms with E-state index >= 15 is 0 Å². The van der Waals surface area contributed by atoms with Crippen LogP contribution in [-0.2, 0) is 0 Å². The maximum absolute atomic E-state index is 13.4. The molecule has 1 rings (SSSR count). The Morgan fingerprint density at radius 3 is 2.72 bits per heavy atom. The van der Waals surface area contributed by atoms with Crippen molar-refractivity contribution >= 4 is 11.8 Å². The van der Waals surface area contributed by atoms with E-state index in [0.29, 0.717) is 4.90 Å². The molecule has 0 radical (unpaired) electrons. The van der Waals surface area contributed by atoms with Crippen molar-refractivity contribution in [3.05, 3.63) is 30.1 Å². The second-order valence-electron chi connectivity index (χ2n) is 4.45. The topological polar surface area (TPSA) is 38.0 Å². The van der Waals surface area contributed by atoms with Gasteiger partial charge in [0.2, 0.25) is 0 Å². The highest BCUT2D eigenvalue weighted by atomic mass is 32.2. The number of nitrogens with one attached hydrogen (secondary N) is 1. The number of thioether (sulfide) groups is 1. The first kappa shape index (κ1) is 15.5. The van der Waals surface area contributed by atoms with Gasteiger partial charge >= 0.3 is 0 Å². The first-order valence-corrected chi connectivity index (χ1v) is 7.60. The van der Waals surface area contributed by atoms with Crippen LogP contribution in [0, 0.1) is 5.82 Å². The molecule has 102 valence electrons. The van der Waals surface area contributed by atoms with Crippen molar-refractivity contribution in [2.45, 2.75) is 50.0 Å². The van der Waals surface area contributed by atoms with Crippen LogP contribution in [0.1, 0.15) is 39.0 Å². The van der Waals surface area contributed by atoms with Crippen LogP contribution in [0.5, 0.6) is 0 Å². The first-order chi connectivity index (χ1) is 8.77. The molecule has 0 aromatic heterocycles. The van der Waals surface area contributed by atoms with E-state index in [9.17, 15) is 4.39 Å². The molecule has 0 spiro atoms. The minimum Gasteiger partial charge on any atom is -0.271 e. The summed E-state index contributed by atoms with van der Waals surface area (Å²) < 4.78 is 13.4. The molecule has 0 amide bonds. The molecule has 18 heavy (non-hydrogen) atoms. The van der Waals surface area contributed by atoms with Crippen molar-refractivity contribution in [1.29, 1.82) is 0 Å². The third-order valence-corrected chi connectivity index (χ3v) is 4.13. The van der Waals surface area contributed by atoms with Crippen molar-refractivity contribution < 1.29 is 4.39 Å². The van der Waals surface area contributed by atoms with Gasteiger partial charge in [-0.1, -0.05) is 44.7 Å². The Hall–Kier alpha value is -0.580. The summed E-state index contributed by atoms with van der Waals surface area (Å²) in [5.41, 5.74) is 2.83. The highest BCUT2D eigenvalue weighted by Crippen LogP contribution is 2.22. The van der Waals surface area contributed by atoms with Gasteiger partial charge in [0.05, 0.1) is 0 Å². The number of halogens is 1. The van der Waals surface area contributed by atoms with E-state index in [1.54, 1.807) is 6.07 Å². The maximum Gasteiger partial charge on any atom is 0.136 e. The quantitative estimate of drug-likeness (QED) is 0.311. The van der Waals surface area contributed by atoms with Gasteiger partial charge in [0, 0.05) is 16.7 Å². The lowest BCUT2D eigenvalue weighted by atomic mass is 10.1. The molecule has 0 heterocycles. The number of hydrogen-bond acceptors (Lipinski definition) is 3. The Morgan fingerprint density at radius 1 is 1.28 bits per heavy atom. The van der Waals surface area contributed by atoms with Gasteiger partial charge in [-0.15, -0.1) is 11.8 Å². The molecule has 2 nitrogen and oxygen atoms in total. The van der Waals surface area contributed by atoms with Crippen LogP contribution in [0.15, 0.2) is 29.2 Å². The predicted molar refractivity (Wildman–Crippen MR) is 77.0 cm³/mol. The van der Waals surface area contributed by atoms with Gasteiger partial charge in [-0.2, -0.15) is 0 Å². The zero-order valence-electron chi connectivity index (χ0n) is 11.0. The Balaban J connectivity index is 2.29. The van der Waals surface area contributed by atoms with E-state index in [0.717, 1.165) is 12.2 Å². The molecule has 0 bridgehead atoms. The molecule has 1 aromatic carbocycles. The number of nitrogens with two attached hydrogens (primary N) is 1. The number of unbranched alkanes of at least 4 members (excludes halogenated alkanes) is 3. The normalized spacial score (nSPS) is 12.6. The number of rotatable bonds is 9. The zero-order valence-corrected chi connectivity index (χ0v) is 11.8. The molecule has 0 aliphatic heterocycles. The van der Waals surface area contributed by atoms with Crippen molar-refractivity contribution in [1.82, 2.24) is 5.43 Å². The van der Waals surface area contributed by atoms with Crippen molar-refractivity contribution in [3.8, 4) is 0 Å². The number of hydrazine groups is 1. The first-order valence-electron chi connectivity index (χ1n) is 6.61. The van der Waals surface area contributed by atoms with Crippen molar-refractivity contribution in [2.75, 3.05) is 5.75 Å². The van der Waals surface area contributed by atoms with E-state index < -0.39 is 0 Å². The average molecular weight is 270 g/mol. The maximum atomic E-state index is 13.4. The summed E-state index contributed by atoms with van der Waals surface area (Å²) in [7, 11) is 0. The summed E-state index contributed by atoms with van der Waals surface area (Å²) in [5, 5.41) is 0. The second kappa shape index (κ2) is 9.36. The molecule has 4 heteroatoms. The van der Waals surface area contributed by atoms with E-state index in [4.69, 9.17) is 5.84 Å². The smallest absolute Gasteiger partial charge is 0.136 e. The van der Waals surface area contributed by atoms with Crippen molar-refractivity contribution in [2.24, 2.45) is 5.84 Å². The Morgan fingerprint density at radius 2 is 2.06 bits per heavy atom. The van der Waals surface area contributed by atoms with Gasteiger partial charge in [0.25, 0.3) is 0 Å². The van der Waals surface area contributed by atoms with Crippen LogP contribution in [0.2, 0.25) is 0 Å². The van der Waals surface area contributed by atoms with Gasteiger partial charge < -0.3 is 0 Å². The SMILES string of the molecule is CCCCCCC(CSc1ccccc1F)NN. The molecule has 3 N–H and O–H groups in total. The Kier molecular flexibility index (Phi) is 8.05. The molecule has 0 aliphatic carbocycles. The molecule has 1 atom stereocenters. The summed E-state index contributed by atoms with van der Waals surface area (Å²) in [4.78, 5) is 0.700. The van der Waals surface area contributed by atoms with Crippen LogP contribution in [-0.4, -0.2) is 11.8 Å². The minimum absolute atomic E-state index is 0.149. The Bertz CT molecular complexity index is 333. The summed E-state index contributed by atoms with van der Waals surface area (Å²) in [5.74, 6) is 6.19. The molecule has 0 saturated carbocycles. The van der Waals surface area contributed by atoms with Gasteiger partial charge in [0.15, 0.2) is 0 Å². The predicted octanol–water partition coefficient (Wildman–Crippen LogP) is 3.72. The summed E-state index contributed by atoms with van der Waals surface area (Å²) in [6.45, 7) is 2.20. The summed E-state index contributed by atoms with van der Waals surface area (Å²) in [6.07, 6.45) is 6.00. The molecule has 0 fully saturated rings. The monoisotopic (exact) mass is 270 g/mol. The van der Waals surface area contributed by atoms with Crippen LogP contribution < -0.4 is 11.3 Å². The number of hydrogen-bond donors (Lipinski definition) is 2. The van der Waals surface area contributed by atoms with Gasteiger partial charge in [-0.3, -0.25) is 11.3 Å². The molecular formula is C14H23FN2S. The van der Waals surface area contributed by atoms with E-state index in [1.807, 2.05) is 12.1 Å². The largest absolute Gasteiger partial charge is 0.271 e. The van der Waals surface area contributed by atoms with Gasteiger partial charge in [-0.05, 0) is 18.6 Å². The fourth-order valence-electron chi connectivity index (χ4n) is 1.78. The van der Waals surface area contributed by atoms with Crippen LogP contribution >= 0.6 is 11.8 Å². The van der Waals surface area contributed by atoms with Crippen LogP contribution in [0.3, 0.4) is 0 Å². The van der Waals surface area contributed by atoms with E-state index in [2.05, 4.69) is 12.3 Å². The molecule has 1 aromatic rings. The highest BCUT2D eigenvalue weighted by Gasteiger charge is 2.08. The molecular weight excluding hydrogens is 247 g/mol. The second-order valence-corrected chi connectivity index (χ2v) is 5.52.